The van der Waals surface area contributed by atoms with Crippen molar-refractivity contribution < 1.29 is 13.9 Å². The highest BCUT2D eigenvalue weighted by Gasteiger charge is 2.33. The first-order chi connectivity index (χ1) is 12.7. The van der Waals surface area contributed by atoms with Crippen LogP contribution in [-0.4, -0.2) is 11.0 Å². The fourth-order valence-corrected chi connectivity index (χ4v) is 3.57. The average molecular weight is 343 g/mol. The summed E-state index contributed by atoms with van der Waals surface area (Å²) < 4.78 is 10.9. The zero-order chi connectivity index (χ0) is 17.7. The van der Waals surface area contributed by atoms with E-state index >= 15 is 0 Å². The van der Waals surface area contributed by atoms with Crippen LogP contribution in [0.3, 0.4) is 0 Å². The number of hydrogen-bond acceptors (Lipinski definition) is 5. The number of ether oxygens (including phenoxy) is 1. The third-order valence-corrected chi connectivity index (χ3v) is 4.76. The molecular weight excluding hydrogens is 330 g/mol. The lowest BCUT2D eigenvalue weighted by Crippen LogP contribution is -2.26. The number of fused-ring (bicyclic) bond motifs is 4. The van der Waals surface area contributed by atoms with Gasteiger partial charge in [-0.3, -0.25) is 9.78 Å². The molecule has 0 aliphatic carbocycles. The second kappa shape index (κ2) is 5.52. The third kappa shape index (κ3) is 2.21. The summed E-state index contributed by atoms with van der Waals surface area (Å²) in [6, 6.07) is 16.6. The van der Waals surface area contributed by atoms with Gasteiger partial charge in [0.05, 0.1) is 22.9 Å². The van der Waals surface area contributed by atoms with Crippen molar-refractivity contribution in [2.75, 3.05) is 0 Å². The molecule has 0 spiro atoms. The van der Waals surface area contributed by atoms with Gasteiger partial charge in [0.15, 0.2) is 5.75 Å². The van der Waals surface area contributed by atoms with Gasteiger partial charge < -0.3 is 9.15 Å². The maximum atomic E-state index is 12.7. The summed E-state index contributed by atoms with van der Waals surface area (Å²) >= 11 is 0. The molecule has 0 radical (unpaired) electrons. The zero-order valence-electron chi connectivity index (χ0n) is 13.6. The van der Waals surface area contributed by atoms with Crippen LogP contribution in [0.5, 0.6) is 5.75 Å². The first kappa shape index (κ1) is 14.8. The minimum atomic E-state index is -0.470. The van der Waals surface area contributed by atoms with Crippen LogP contribution < -0.4 is 10.4 Å². The minimum Gasteiger partial charge on any atom is -0.425 e. The van der Waals surface area contributed by atoms with Crippen LogP contribution >= 0.6 is 0 Å². The van der Waals surface area contributed by atoms with E-state index in [2.05, 4.69) is 4.98 Å². The Labute approximate surface area is 147 Å². The predicted octanol–water partition coefficient (Wildman–Crippen LogP) is 3.78. The van der Waals surface area contributed by atoms with E-state index in [1.165, 1.54) is 0 Å². The van der Waals surface area contributed by atoms with Gasteiger partial charge in [0.25, 0.3) is 0 Å². The molecule has 1 unspecified atom stereocenters. The van der Waals surface area contributed by atoms with E-state index in [-0.39, 0.29) is 12.4 Å². The van der Waals surface area contributed by atoms with Crippen molar-refractivity contribution in [1.29, 1.82) is 0 Å². The lowest BCUT2D eigenvalue weighted by molar-refractivity contribution is -0.135. The van der Waals surface area contributed by atoms with Crippen LogP contribution in [0, 0.1) is 0 Å². The molecule has 1 aliphatic rings. The Kier molecular flexibility index (Phi) is 3.15. The van der Waals surface area contributed by atoms with E-state index in [4.69, 9.17) is 9.15 Å². The van der Waals surface area contributed by atoms with Crippen molar-refractivity contribution in [3.63, 3.8) is 0 Å². The summed E-state index contributed by atoms with van der Waals surface area (Å²) in [5, 5.41) is 1.58. The van der Waals surface area contributed by atoms with Gasteiger partial charge in [0.2, 0.25) is 0 Å². The summed E-state index contributed by atoms with van der Waals surface area (Å²) in [7, 11) is 0. The number of pyridine rings is 1. The van der Waals surface area contributed by atoms with Crippen LogP contribution in [0.25, 0.3) is 21.9 Å². The number of rotatable bonds is 1. The molecule has 126 valence electrons. The lowest BCUT2D eigenvalue weighted by Gasteiger charge is -2.24. The van der Waals surface area contributed by atoms with Crippen LogP contribution in [0.4, 0.5) is 0 Å². The Morgan fingerprint density at radius 2 is 1.88 bits per heavy atom. The molecule has 5 rings (SSSR count). The second-order valence-corrected chi connectivity index (χ2v) is 6.31. The van der Waals surface area contributed by atoms with Gasteiger partial charge >= 0.3 is 11.6 Å². The largest absolute Gasteiger partial charge is 0.425 e. The van der Waals surface area contributed by atoms with Gasteiger partial charge in [0.1, 0.15) is 5.58 Å². The highest BCUT2D eigenvalue weighted by Crippen LogP contribution is 2.41. The molecule has 0 amide bonds. The highest BCUT2D eigenvalue weighted by molar-refractivity contribution is 5.90. The molecule has 3 heterocycles. The molecule has 5 nitrogen and oxygen atoms in total. The van der Waals surface area contributed by atoms with E-state index in [0.717, 1.165) is 16.5 Å². The van der Waals surface area contributed by atoms with E-state index in [1.54, 1.807) is 24.4 Å². The minimum absolute atomic E-state index is 0.0991. The Bertz CT molecular complexity index is 1240. The van der Waals surface area contributed by atoms with E-state index in [0.29, 0.717) is 22.3 Å². The molecule has 1 atom stereocenters. The Morgan fingerprint density at radius 3 is 2.81 bits per heavy atom. The maximum absolute atomic E-state index is 12.7. The topological polar surface area (TPSA) is 69.4 Å². The molecule has 1 aliphatic heterocycles. The van der Waals surface area contributed by atoms with Crippen molar-refractivity contribution in [2.24, 2.45) is 0 Å². The highest BCUT2D eigenvalue weighted by atomic mass is 16.5. The lowest BCUT2D eigenvalue weighted by atomic mass is 9.86. The second-order valence-electron chi connectivity index (χ2n) is 6.31. The summed E-state index contributed by atoms with van der Waals surface area (Å²) in [4.78, 5) is 29.2. The number of carbonyl (C=O) groups is 1. The van der Waals surface area contributed by atoms with Gasteiger partial charge in [-0.2, -0.15) is 0 Å². The van der Waals surface area contributed by atoms with Gasteiger partial charge in [-0.05, 0) is 35.9 Å². The molecule has 2 aromatic carbocycles. The van der Waals surface area contributed by atoms with Gasteiger partial charge in [-0.1, -0.05) is 24.3 Å². The normalized spacial score (nSPS) is 16.5. The van der Waals surface area contributed by atoms with Crippen molar-refractivity contribution in [3.05, 3.63) is 82.3 Å². The summed E-state index contributed by atoms with van der Waals surface area (Å²) in [6.07, 6.45) is 1.83. The Hall–Kier alpha value is -3.47. The quantitative estimate of drug-likeness (QED) is 0.388. The summed E-state index contributed by atoms with van der Waals surface area (Å²) in [5.41, 5.74) is 2.06. The van der Waals surface area contributed by atoms with Crippen molar-refractivity contribution in [3.8, 4) is 5.75 Å². The number of benzene rings is 2. The number of esters is 1. The number of aromatic nitrogens is 1. The van der Waals surface area contributed by atoms with Crippen molar-refractivity contribution in [1.82, 2.24) is 4.98 Å². The van der Waals surface area contributed by atoms with Crippen molar-refractivity contribution >= 4 is 27.8 Å². The van der Waals surface area contributed by atoms with E-state index in [9.17, 15) is 9.59 Å². The molecule has 26 heavy (non-hydrogen) atoms. The average Bonchev–Trinajstić information content (AvgIpc) is 2.67. The molecule has 0 N–H and O–H groups in total. The third-order valence-electron chi connectivity index (χ3n) is 4.76. The Balaban J connectivity index is 1.78. The predicted molar refractivity (Wildman–Crippen MR) is 96.3 cm³/mol. The van der Waals surface area contributed by atoms with Gasteiger partial charge in [-0.25, -0.2) is 4.79 Å². The number of hydrogen-bond donors (Lipinski definition) is 0. The van der Waals surface area contributed by atoms with Crippen LogP contribution in [0.1, 0.15) is 23.5 Å². The number of nitrogens with zero attached hydrogens (tertiary/aromatic N) is 1. The standard InChI is InChI=1S/C21H13NO4/c23-18-11-15(12-7-8-16-13(10-12)4-3-9-22-16)19-20(26-18)14-5-1-2-6-17(14)25-21(19)24/h1-10,15H,11H2. The summed E-state index contributed by atoms with van der Waals surface area (Å²) in [6.45, 7) is 0. The molecule has 2 aromatic heterocycles. The molecule has 5 heteroatoms. The van der Waals surface area contributed by atoms with Crippen molar-refractivity contribution in [2.45, 2.75) is 12.3 Å². The zero-order valence-corrected chi connectivity index (χ0v) is 13.6. The SMILES string of the molecule is O=C1CC(c2ccc3ncccc3c2)c2c(c3ccccc3oc2=O)O1. The first-order valence-corrected chi connectivity index (χ1v) is 8.32. The van der Waals surface area contributed by atoms with Crippen LogP contribution in [0.15, 0.2) is 70.0 Å². The molecule has 4 aromatic rings. The van der Waals surface area contributed by atoms with E-state index < -0.39 is 11.5 Å². The summed E-state index contributed by atoms with van der Waals surface area (Å²) in [5.74, 6) is -0.453. The molecule has 0 bridgehead atoms. The van der Waals surface area contributed by atoms with Crippen LogP contribution in [-0.2, 0) is 4.79 Å². The number of carbonyl (C=O) groups excluding carboxylic acids is 1. The molecular formula is C21H13NO4. The molecule has 0 saturated carbocycles. The Morgan fingerprint density at radius 1 is 1.00 bits per heavy atom. The molecule has 0 saturated heterocycles. The van der Waals surface area contributed by atoms with E-state index in [1.807, 2.05) is 36.4 Å². The van der Waals surface area contributed by atoms with Gasteiger partial charge in [-0.15, -0.1) is 0 Å². The number of para-hydroxylation sites is 1. The smallest absolute Gasteiger partial charge is 0.343 e. The van der Waals surface area contributed by atoms with Crippen LogP contribution in [0.2, 0.25) is 0 Å². The first-order valence-electron chi connectivity index (χ1n) is 8.32. The fraction of sp³-hybridized carbons (Fsp3) is 0.0952. The molecule has 0 fully saturated rings. The monoisotopic (exact) mass is 343 g/mol. The fourth-order valence-electron chi connectivity index (χ4n) is 3.57. The maximum Gasteiger partial charge on any atom is 0.343 e. The van der Waals surface area contributed by atoms with Gasteiger partial charge in [0, 0.05) is 17.5 Å².